The van der Waals surface area contributed by atoms with Gasteiger partial charge in [-0.3, -0.25) is 9.59 Å². The average Bonchev–Trinajstić information content (AvgIpc) is 2.92. The summed E-state index contributed by atoms with van der Waals surface area (Å²) in [5.41, 5.74) is 11.3. The second-order valence-electron chi connectivity index (χ2n) is 9.75. The lowest BCUT2D eigenvalue weighted by Crippen LogP contribution is -2.51. The number of hydrogen-bond acceptors (Lipinski definition) is 5. The summed E-state index contributed by atoms with van der Waals surface area (Å²) in [6.07, 6.45) is 2.01. The van der Waals surface area contributed by atoms with Crippen molar-refractivity contribution in [3.05, 3.63) is 100 Å². The number of carbonyl (C=O) groups excluding carboxylic acids is 2. The number of carboxylic acids is 1. The number of nitrogens with two attached hydrogens (primary N) is 1. The van der Waals surface area contributed by atoms with Crippen LogP contribution in [0.3, 0.4) is 0 Å². The van der Waals surface area contributed by atoms with Crippen molar-refractivity contribution < 1.29 is 24.2 Å². The molecule has 206 valence electrons. The fourth-order valence-electron chi connectivity index (χ4n) is 4.27. The Kier molecular flexibility index (Phi) is 10.6. The molecule has 0 fully saturated rings. The molecule has 0 aliphatic heterocycles. The van der Waals surface area contributed by atoms with E-state index in [-0.39, 0.29) is 17.4 Å². The molecule has 0 saturated carbocycles. The topological polar surface area (TPSA) is 131 Å². The van der Waals surface area contributed by atoms with Crippen molar-refractivity contribution in [3.8, 4) is 5.75 Å². The molecule has 0 aliphatic carbocycles. The van der Waals surface area contributed by atoms with E-state index in [1.54, 1.807) is 31.2 Å². The summed E-state index contributed by atoms with van der Waals surface area (Å²) in [6, 6.07) is 18.9. The zero-order chi connectivity index (χ0) is 28.4. The third-order valence-electron chi connectivity index (χ3n) is 6.57. The third-order valence-corrected chi connectivity index (χ3v) is 6.57. The molecule has 3 aromatic carbocycles. The van der Waals surface area contributed by atoms with E-state index in [0.29, 0.717) is 25.3 Å². The van der Waals surface area contributed by atoms with Crippen molar-refractivity contribution in [3.63, 3.8) is 0 Å². The number of aromatic carboxylic acids is 1. The van der Waals surface area contributed by atoms with Crippen LogP contribution in [-0.2, 0) is 29.0 Å². The van der Waals surface area contributed by atoms with Gasteiger partial charge in [0.25, 0.3) is 0 Å². The van der Waals surface area contributed by atoms with E-state index in [0.717, 1.165) is 35.1 Å². The second kappa shape index (κ2) is 14.1. The van der Waals surface area contributed by atoms with E-state index in [4.69, 9.17) is 15.6 Å². The van der Waals surface area contributed by atoms with Crippen molar-refractivity contribution in [2.45, 2.75) is 58.7 Å². The van der Waals surface area contributed by atoms with Gasteiger partial charge in [0, 0.05) is 6.54 Å². The third kappa shape index (κ3) is 8.97. The molecule has 0 spiro atoms. The van der Waals surface area contributed by atoms with Crippen LogP contribution >= 0.6 is 0 Å². The maximum Gasteiger partial charge on any atom is 0.335 e. The molecule has 0 aliphatic rings. The Morgan fingerprint density at radius 3 is 2.18 bits per heavy atom. The van der Waals surface area contributed by atoms with E-state index in [1.807, 2.05) is 44.2 Å². The van der Waals surface area contributed by atoms with Crippen LogP contribution in [0.4, 0.5) is 0 Å². The Hall–Kier alpha value is -4.17. The molecule has 5 N–H and O–H groups in total. The number of rotatable bonds is 13. The maximum atomic E-state index is 12.7. The predicted molar refractivity (Wildman–Crippen MR) is 151 cm³/mol. The molecule has 0 bridgehead atoms. The zero-order valence-electron chi connectivity index (χ0n) is 22.7. The minimum Gasteiger partial charge on any atom is -0.489 e. The van der Waals surface area contributed by atoms with Gasteiger partial charge in [-0.25, -0.2) is 4.79 Å². The van der Waals surface area contributed by atoms with Gasteiger partial charge in [0.2, 0.25) is 11.8 Å². The number of amides is 2. The Balaban J connectivity index is 1.47. The molecule has 39 heavy (non-hydrogen) atoms. The van der Waals surface area contributed by atoms with Crippen molar-refractivity contribution in [1.82, 2.24) is 10.6 Å². The predicted octanol–water partition coefficient (Wildman–Crippen LogP) is 3.70. The summed E-state index contributed by atoms with van der Waals surface area (Å²) >= 11 is 0. The van der Waals surface area contributed by atoms with Crippen molar-refractivity contribution in [1.29, 1.82) is 0 Å². The molecule has 2 atom stereocenters. The van der Waals surface area contributed by atoms with Gasteiger partial charge in [0.1, 0.15) is 18.4 Å². The minimum atomic E-state index is -0.969. The summed E-state index contributed by atoms with van der Waals surface area (Å²) in [6.45, 7) is 6.35. The number of ether oxygens (including phenoxy) is 1. The fourth-order valence-corrected chi connectivity index (χ4v) is 4.27. The average molecular weight is 532 g/mol. The molecule has 0 heterocycles. The Labute approximate surface area is 229 Å². The van der Waals surface area contributed by atoms with Gasteiger partial charge >= 0.3 is 5.97 Å². The van der Waals surface area contributed by atoms with Gasteiger partial charge in [-0.05, 0) is 92.1 Å². The highest BCUT2D eigenvalue weighted by Gasteiger charge is 2.21. The van der Waals surface area contributed by atoms with Crippen LogP contribution in [0.1, 0.15) is 51.5 Å². The van der Waals surface area contributed by atoms with Crippen molar-refractivity contribution in [2.24, 2.45) is 5.73 Å². The van der Waals surface area contributed by atoms with Crippen LogP contribution in [0.5, 0.6) is 5.75 Å². The van der Waals surface area contributed by atoms with Gasteiger partial charge in [0.15, 0.2) is 0 Å². The standard InChI is InChI=1S/C31H37N3O5/c1-20-16-26(39-19-24-11-13-25(14-12-24)31(37)38)17-21(2)27(20)18-28(32)30(36)34-22(3)29(35)33-15-7-10-23-8-5-4-6-9-23/h4-6,8-9,11-14,16-17,22,28H,7,10,15,18-19,32H2,1-3H3,(H,33,35)(H,34,36)(H,37,38)/t22-,28+/m1/s1. The Morgan fingerprint density at radius 2 is 1.56 bits per heavy atom. The number of carboxylic acid groups (broad SMARTS) is 1. The van der Waals surface area contributed by atoms with Crippen LogP contribution in [-0.4, -0.2) is 41.5 Å². The minimum absolute atomic E-state index is 0.226. The number of benzene rings is 3. The van der Waals surface area contributed by atoms with Crippen LogP contribution in [0.2, 0.25) is 0 Å². The summed E-state index contributed by atoms with van der Waals surface area (Å²) in [5, 5.41) is 14.6. The molecule has 8 nitrogen and oxygen atoms in total. The lowest BCUT2D eigenvalue weighted by atomic mass is 9.96. The molecule has 8 heteroatoms. The first-order valence-electron chi connectivity index (χ1n) is 13.1. The number of carbonyl (C=O) groups is 3. The Morgan fingerprint density at radius 1 is 0.923 bits per heavy atom. The highest BCUT2D eigenvalue weighted by molar-refractivity contribution is 5.89. The number of hydrogen-bond donors (Lipinski definition) is 4. The normalized spacial score (nSPS) is 12.3. The van der Waals surface area contributed by atoms with Gasteiger partial charge in [-0.1, -0.05) is 42.5 Å². The zero-order valence-corrected chi connectivity index (χ0v) is 22.7. The van der Waals surface area contributed by atoms with E-state index >= 15 is 0 Å². The van der Waals surface area contributed by atoms with E-state index in [2.05, 4.69) is 22.8 Å². The van der Waals surface area contributed by atoms with Crippen LogP contribution in [0.25, 0.3) is 0 Å². The van der Waals surface area contributed by atoms with E-state index in [1.165, 1.54) is 5.56 Å². The number of aryl methyl sites for hydroxylation is 3. The second-order valence-corrected chi connectivity index (χ2v) is 9.75. The summed E-state index contributed by atoms with van der Waals surface area (Å²) in [5.74, 6) is -0.920. The van der Waals surface area contributed by atoms with Gasteiger partial charge < -0.3 is 26.2 Å². The van der Waals surface area contributed by atoms with E-state index < -0.39 is 18.1 Å². The largest absolute Gasteiger partial charge is 0.489 e. The molecule has 2 amide bonds. The molecule has 0 radical (unpaired) electrons. The molecule has 3 aromatic rings. The van der Waals surface area contributed by atoms with Crippen molar-refractivity contribution >= 4 is 17.8 Å². The first kappa shape index (κ1) is 29.4. The molecule has 0 unspecified atom stereocenters. The maximum absolute atomic E-state index is 12.7. The summed E-state index contributed by atoms with van der Waals surface area (Å²) in [4.78, 5) is 36.1. The molecule has 0 saturated heterocycles. The summed E-state index contributed by atoms with van der Waals surface area (Å²) in [7, 11) is 0. The quantitative estimate of drug-likeness (QED) is 0.249. The molecule has 0 aromatic heterocycles. The SMILES string of the molecule is Cc1cc(OCc2ccc(C(=O)O)cc2)cc(C)c1C[C@H](N)C(=O)N[C@H](C)C(=O)NCCCc1ccccc1. The smallest absolute Gasteiger partial charge is 0.335 e. The van der Waals surface area contributed by atoms with Crippen LogP contribution in [0, 0.1) is 13.8 Å². The van der Waals surface area contributed by atoms with Gasteiger partial charge in [0.05, 0.1) is 11.6 Å². The number of nitrogens with one attached hydrogen (secondary N) is 2. The van der Waals surface area contributed by atoms with Crippen LogP contribution in [0.15, 0.2) is 66.7 Å². The fraction of sp³-hybridized carbons (Fsp3) is 0.323. The first-order valence-corrected chi connectivity index (χ1v) is 13.1. The van der Waals surface area contributed by atoms with Crippen molar-refractivity contribution in [2.75, 3.05) is 6.54 Å². The van der Waals surface area contributed by atoms with E-state index in [9.17, 15) is 14.4 Å². The van der Waals surface area contributed by atoms with Crippen LogP contribution < -0.4 is 21.1 Å². The highest BCUT2D eigenvalue weighted by atomic mass is 16.5. The van der Waals surface area contributed by atoms with Gasteiger partial charge in [-0.2, -0.15) is 0 Å². The molecular weight excluding hydrogens is 494 g/mol. The lowest BCUT2D eigenvalue weighted by molar-refractivity contribution is -0.129. The lowest BCUT2D eigenvalue weighted by Gasteiger charge is -2.19. The highest BCUT2D eigenvalue weighted by Crippen LogP contribution is 2.24. The van der Waals surface area contributed by atoms with Gasteiger partial charge in [-0.15, -0.1) is 0 Å². The monoisotopic (exact) mass is 531 g/mol. The first-order chi connectivity index (χ1) is 18.6. The summed E-state index contributed by atoms with van der Waals surface area (Å²) < 4.78 is 5.90. The molecular formula is C31H37N3O5. The Bertz CT molecular complexity index is 1250. The molecule has 3 rings (SSSR count).